The van der Waals surface area contributed by atoms with Gasteiger partial charge in [-0.25, -0.2) is 10.3 Å². The van der Waals surface area contributed by atoms with Crippen LogP contribution in [0.4, 0.5) is 0 Å². The molecular formula is C28H36N4O5. The van der Waals surface area contributed by atoms with Crippen molar-refractivity contribution in [2.45, 2.75) is 63.4 Å². The molecule has 2 aliphatic rings. The molecule has 4 rings (SSSR count). The van der Waals surface area contributed by atoms with Crippen LogP contribution in [0.25, 0.3) is 11.1 Å². The molecule has 0 spiro atoms. The number of benzene rings is 2. The van der Waals surface area contributed by atoms with E-state index in [9.17, 15) is 14.4 Å². The van der Waals surface area contributed by atoms with Gasteiger partial charge in [0.15, 0.2) is 11.8 Å². The van der Waals surface area contributed by atoms with E-state index in [0.717, 1.165) is 35.4 Å². The van der Waals surface area contributed by atoms with Crippen molar-refractivity contribution < 1.29 is 24.0 Å². The highest BCUT2D eigenvalue weighted by Crippen LogP contribution is 2.24. The third-order valence-electron chi connectivity index (χ3n) is 7.10. The van der Waals surface area contributed by atoms with Crippen molar-refractivity contribution in [1.82, 2.24) is 21.0 Å². The van der Waals surface area contributed by atoms with Crippen molar-refractivity contribution in [2.24, 2.45) is 0 Å². The number of hydroxylamine groups is 1. The molecule has 0 bridgehead atoms. The molecule has 0 aromatic heterocycles. The summed E-state index contributed by atoms with van der Waals surface area (Å²) in [6.45, 7) is 2.79. The molecule has 1 unspecified atom stereocenters. The Morgan fingerprint density at radius 3 is 2.19 bits per heavy atom. The van der Waals surface area contributed by atoms with Crippen LogP contribution in [0.1, 0.15) is 54.9 Å². The zero-order valence-corrected chi connectivity index (χ0v) is 21.7. The maximum absolute atomic E-state index is 13.3. The summed E-state index contributed by atoms with van der Waals surface area (Å²) in [7, 11) is 2.84. The Balaban J connectivity index is 1.43. The Bertz CT molecular complexity index is 1090. The topological polar surface area (TPSA) is 109 Å². The van der Waals surface area contributed by atoms with Gasteiger partial charge in [0.25, 0.3) is 17.7 Å². The summed E-state index contributed by atoms with van der Waals surface area (Å²) in [6, 6.07) is 16.1. The average molecular weight is 509 g/mol. The summed E-state index contributed by atoms with van der Waals surface area (Å²) >= 11 is 0. The third-order valence-corrected chi connectivity index (χ3v) is 7.10. The van der Waals surface area contributed by atoms with Crippen LogP contribution in [0.5, 0.6) is 0 Å². The van der Waals surface area contributed by atoms with Gasteiger partial charge in [-0.15, -0.1) is 0 Å². The summed E-state index contributed by atoms with van der Waals surface area (Å²) in [6.07, 6.45) is 4.43. The smallest absolute Gasteiger partial charge is 0.279 e. The lowest BCUT2D eigenvalue weighted by Gasteiger charge is -2.36. The molecule has 1 saturated carbocycles. The lowest BCUT2D eigenvalue weighted by molar-refractivity contribution is -0.204. The lowest BCUT2D eigenvalue weighted by Crippen LogP contribution is -2.65. The molecule has 2 aromatic rings. The molecule has 1 aliphatic heterocycles. The van der Waals surface area contributed by atoms with Crippen molar-refractivity contribution in [3.8, 4) is 11.1 Å². The van der Waals surface area contributed by atoms with Gasteiger partial charge >= 0.3 is 0 Å². The number of hydrogen-bond acceptors (Lipinski definition) is 6. The van der Waals surface area contributed by atoms with E-state index in [-0.39, 0.29) is 0 Å². The Labute approximate surface area is 217 Å². The summed E-state index contributed by atoms with van der Waals surface area (Å²) in [5.74, 6) is -1.87. The largest absolute Gasteiger partial charge is 0.357 e. The highest BCUT2D eigenvalue weighted by molar-refractivity contribution is 6.12. The monoisotopic (exact) mass is 508 g/mol. The van der Waals surface area contributed by atoms with Crippen molar-refractivity contribution in [1.29, 1.82) is 0 Å². The van der Waals surface area contributed by atoms with E-state index in [1.807, 2.05) is 12.1 Å². The van der Waals surface area contributed by atoms with Crippen LogP contribution >= 0.6 is 0 Å². The molecule has 3 N–H and O–H groups in total. The maximum Gasteiger partial charge on any atom is 0.279 e. The van der Waals surface area contributed by atoms with E-state index in [1.165, 1.54) is 39.4 Å². The molecule has 1 heterocycles. The number of rotatable bonds is 10. The van der Waals surface area contributed by atoms with Crippen LogP contribution < -0.4 is 16.1 Å². The first kappa shape index (κ1) is 26.8. The van der Waals surface area contributed by atoms with Crippen LogP contribution in [-0.2, 0) is 25.7 Å². The standard InChI is InChI=1S/C28H36N4O5/c1-28(26(34)29-2,27(35)31-37-24-6-4-5-17-36-24)32(3)25(33)22-13-11-21(12-14-22)20-9-7-19(8-10-20)18-30-23-15-16-23/h7-14,23-24,30H,4-6,15-18H2,1-3H3,(H,29,34)(H,31,35)/t24?,28-/m0/s1. The molecule has 198 valence electrons. The van der Waals surface area contributed by atoms with Gasteiger partial charge < -0.3 is 20.3 Å². The summed E-state index contributed by atoms with van der Waals surface area (Å²) in [5, 5.41) is 5.99. The molecule has 9 nitrogen and oxygen atoms in total. The summed E-state index contributed by atoms with van der Waals surface area (Å²) in [5.41, 5.74) is 4.08. The first-order chi connectivity index (χ1) is 17.8. The average Bonchev–Trinajstić information content (AvgIpc) is 3.78. The number of likely N-dealkylation sites (N-methyl/N-ethyl adjacent to an activating group) is 2. The minimum atomic E-state index is -1.84. The van der Waals surface area contributed by atoms with Gasteiger partial charge in [-0.1, -0.05) is 36.4 Å². The number of amides is 3. The van der Waals surface area contributed by atoms with Gasteiger partial charge in [-0.05, 0) is 61.4 Å². The van der Waals surface area contributed by atoms with Crippen molar-refractivity contribution in [3.63, 3.8) is 0 Å². The maximum atomic E-state index is 13.3. The molecule has 2 fully saturated rings. The Hall–Kier alpha value is -3.27. The van der Waals surface area contributed by atoms with Crippen LogP contribution in [0.2, 0.25) is 0 Å². The summed E-state index contributed by atoms with van der Waals surface area (Å²) < 4.78 is 5.46. The van der Waals surface area contributed by atoms with Gasteiger partial charge in [-0.3, -0.25) is 14.4 Å². The fourth-order valence-corrected chi connectivity index (χ4v) is 4.24. The minimum Gasteiger partial charge on any atom is -0.357 e. The SMILES string of the molecule is CNC(=O)[C@@](C)(C(=O)NOC1CCCCO1)N(C)C(=O)c1ccc(-c2ccc(CNC3CC3)cc2)cc1. The van der Waals surface area contributed by atoms with Crippen molar-refractivity contribution in [3.05, 3.63) is 59.7 Å². The molecular weight excluding hydrogens is 472 g/mol. The number of nitrogens with zero attached hydrogens (tertiary/aromatic N) is 1. The van der Waals surface area contributed by atoms with E-state index in [0.29, 0.717) is 24.6 Å². The van der Waals surface area contributed by atoms with Gasteiger partial charge in [0.2, 0.25) is 0 Å². The molecule has 37 heavy (non-hydrogen) atoms. The lowest BCUT2D eigenvalue weighted by atomic mass is 9.96. The molecule has 1 aliphatic carbocycles. The number of nitrogens with one attached hydrogen (secondary N) is 3. The van der Waals surface area contributed by atoms with Gasteiger partial charge in [0, 0.05) is 45.3 Å². The second-order valence-electron chi connectivity index (χ2n) is 9.79. The highest BCUT2D eigenvalue weighted by Gasteiger charge is 2.47. The number of carbonyl (C=O) groups excluding carboxylic acids is 3. The van der Waals surface area contributed by atoms with Gasteiger partial charge in [-0.2, -0.15) is 0 Å². The van der Waals surface area contributed by atoms with E-state index in [1.54, 1.807) is 12.1 Å². The quantitative estimate of drug-likeness (QED) is 0.336. The predicted molar refractivity (Wildman–Crippen MR) is 139 cm³/mol. The molecule has 2 atom stereocenters. The van der Waals surface area contributed by atoms with Gasteiger partial charge in [0.1, 0.15) is 0 Å². The van der Waals surface area contributed by atoms with Gasteiger partial charge in [0.05, 0.1) is 0 Å². The third kappa shape index (κ3) is 6.36. The Kier molecular flexibility index (Phi) is 8.58. The predicted octanol–water partition coefficient (Wildman–Crippen LogP) is 2.76. The number of ether oxygens (including phenoxy) is 1. The normalized spacial score (nSPS) is 18.9. The fraction of sp³-hybridized carbons (Fsp3) is 0.464. The fourth-order valence-electron chi connectivity index (χ4n) is 4.24. The molecule has 0 radical (unpaired) electrons. The van der Waals surface area contributed by atoms with Crippen LogP contribution in [0, 0.1) is 0 Å². The zero-order valence-electron chi connectivity index (χ0n) is 21.7. The Morgan fingerprint density at radius 2 is 1.62 bits per heavy atom. The molecule has 1 saturated heterocycles. The Morgan fingerprint density at radius 1 is 0.973 bits per heavy atom. The second-order valence-corrected chi connectivity index (χ2v) is 9.79. The first-order valence-corrected chi connectivity index (χ1v) is 12.8. The van der Waals surface area contributed by atoms with Crippen LogP contribution in [-0.4, -0.2) is 61.2 Å². The van der Waals surface area contributed by atoms with Crippen LogP contribution in [0.15, 0.2) is 48.5 Å². The first-order valence-electron chi connectivity index (χ1n) is 12.8. The van der Waals surface area contributed by atoms with E-state index < -0.39 is 29.6 Å². The van der Waals surface area contributed by atoms with E-state index >= 15 is 0 Å². The van der Waals surface area contributed by atoms with Crippen molar-refractivity contribution >= 4 is 17.7 Å². The highest BCUT2D eigenvalue weighted by atomic mass is 16.8. The molecule has 2 aromatic carbocycles. The molecule has 9 heteroatoms. The van der Waals surface area contributed by atoms with E-state index in [2.05, 4.69) is 40.4 Å². The molecule has 3 amide bonds. The second kappa shape index (κ2) is 11.9. The van der Waals surface area contributed by atoms with E-state index in [4.69, 9.17) is 9.57 Å². The minimum absolute atomic E-state index is 0.357. The van der Waals surface area contributed by atoms with Crippen molar-refractivity contribution in [2.75, 3.05) is 20.7 Å². The number of carbonyl (C=O) groups is 3. The van der Waals surface area contributed by atoms with Crippen LogP contribution in [0.3, 0.4) is 0 Å². The number of hydrogen-bond donors (Lipinski definition) is 3. The zero-order chi connectivity index (χ0) is 26.4. The summed E-state index contributed by atoms with van der Waals surface area (Å²) in [4.78, 5) is 45.7.